The van der Waals surface area contributed by atoms with Crippen LogP contribution in [0.4, 0.5) is 0 Å². The van der Waals surface area contributed by atoms with E-state index in [-0.39, 0.29) is 12.1 Å². The Kier molecular flexibility index (Phi) is 3.60. The molecule has 0 amide bonds. The van der Waals surface area contributed by atoms with Crippen LogP contribution in [0.25, 0.3) is 0 Å². The van der Waals surface area contributed by atoms with Crippen LogP contribution in [-0.4, -0.2) is 22.6 Å². The molecule has 4 atom stereocenters. The Morgan fingerprint density at radius 3 is 2.45 bits per heavy atom. The zero-order chi connectivity index (χ0) is 14.1. The maximum absolute atomic E-state index is 10.5. The summed E-state index contributed by atoms with van der Waals surface area (Å²) >= 11 is 0. The lowest BCUT2D eigenvalue weighted by atomic mass is 10.0. The maximum atomic E-state index is 10.5. The predicted octanol–water partition coefficient (Wildman–Crippen LogP) is 3.47. The fourth-order valence-corrected chi connectivity index (χ4v) is 2.89. The van der Waals surface area contributed by atoms with Gasteiger partial charge in [-0.3, -0.25) is 4.90 Å². The summed E-state index contributed by atoms with van der Waals surface area (Å²) in [6.07, 6.45) is -0.388. The fraction of sp³-hybridized carbons (Fsp3) is 0.333. The van der Waals surface area contributed by atoms with Crippen LogP contribution in [-0.2, 0) is 0 Å². The van der Waals surface area contributed by atoms with E-state index in [9.17, 15) is 5.11 Å². The topological polar surface area (TPSA) is 23.2 Å². The molecule has 104 valence electrons. The monoisotopic (exact) mass is 267 g/mol. The number of aliphatic hydroxyl groups excluding tert-OH is 1. The molecule has 1 fully saturated rings. The molecule has 1 aliphatic heterocycles. The summed E-state index contributed by atoms with van der Waals surface area (Å²) in [5.41, 5.74) is 3.54. The highest BCUT2D eigenvalue weighted by molar-refractivity contribution is 5.28. The second-order valence-corrected chi connectivity index (χ2v) is 5.71. The number of aliphatic hydroxyl groups is 1. The molecule has 1 heterocycles. The average molecular weight is 267 g/mol. The van der Waals surface area contributed by atoms with Gasteiger partial charge in [0.2, 0.25) is 0 Å². The zero-order valence-electron chi connectivity index (χ0n) is 12.0. The van der Waals surface area contributed by atoms with Gasteiger partial charge in [0.1, 0.15) is 0 Å². The molecule has 1 unspecified atom stereocenters. The van der Waals surface area contributed by atoms with E-state index < -0.39 is 0 Å². The van der Waals surface area contributed by atoms with Gasteiger partial charge < -0.3 is 5.11 Å². The first kappa shape index (κ1) is 13.3. The van der Waals surface area contributed by atoms with E-state index in [2.05, 4.69) is 55.1 Å². The van der Waals surface area contributed by atoms with Crippen molar-refractivity contribution in [2.75, 3.05) is 6.54 Å². The number of benzene rings is 2. The van der Waals surface area contributed by atoms with E-state index in [0.29, 0.717) is 6.04 Å². The first-order chi connectivity index (χ1) is 9.66. The standard InChI is InChI=1S/C18H21NO/c1-13-7-6-10-16(11-13)18(20)17-12-19(17)14(2)15-8-4-3-5-9-15/h3-11,14,17-18,20H,12H2,1-2H3/t14-,17+,18+,19?/m1/s1. The number of hydrogen-bond donors (Lipinski definition) is 1. The smallest absolute Gasteiger partial charge is 0.0957 e. The van der Waals surface area contributed by atoms with Crippen LogP contribution in [0.2, 0.25) is 0 Å². The highest BCUT2D eigenvalue weighted by atomic mass is 16.3. The largest absolute Gasteiger partial charge is 0.387 e. The highest BCUT2D eigenvalue weighted by Gasteiger charge is 2.43. The van der Waals surface area contributed by atoms with Crippen LogP contribution in [0.3, 0.4) is 0 Å². The van der Waals surface area contributed by atoms with Gasteiger partial charge in [-0.15, -0.1) is 0 Å². The first-order valence-electron chi connectivity index (χ1n) is 7.22. The van der Waals surface area contributed by atoms with Gasteiger partial charge in [-0.05, 0) is 25.0 Å². The Bertz CT molecular complexity index is 581. The Morgan fingerprint density at radius 1 is 1.05 bits per heavy atom. The molecule has 1 saturated heterocycles. The number of nitrogens with zero attached hydrogens (tertiary/aromatic N) is 1. The second kappa shape index (κ2) is 5.39. The van der Waals surface area contributed by atoms with E-state index in [1.807, 2.05) is 18.2 Å². The molecule has 2 aromatic rings. The van der Waals surface area contributed by atoms with E-state index in [1.54, 1.807) is 0 Å². The maximum Gasteiger partial charge on any atom is 0.0957 e. The molecular formula is C18H21NO. The van der Waals surface area contributed by atoms with Gasteiger partial charge in [-0.1, -0.05) is 60.2 Å². The SMILES string of the molecule is Cc1cccc([C@H](O)[C@@H]2CN2[C@H](C)c2ccccc2)c1. The molecule has 1 aliphatic rings. The lowest BCUT2D eigenvalue weighted by molar-refractivity contribution is 0.151. The number of rotatable bonds is 4. The molecule has 0 aromatic heterocycles. The van der Waals surface area contributed by atoms with Crippen molar-refractivity contribution in [2.45, 2.75) is 32.0 Å². The molecule has 0 spiro atoms. The summed E-state index contributed by atoms with van der Waals surface area (Å²) in [4.78, 5) is 2.35. The summed E-state index contributed by atoms with van der Waals surface area (Å²) in [6, 6.07) is 19.3. The van der Waals surface area contributed by atoms with Gasteiger partial charge in [-0.2, -0.15) is 0 Å². The van der Waals surface area contributed by atoms with E-state index in [0.717, 1.165) is 12.1 Å². The van der Waals surface area contributed by atoms with Gasteiger partial charge in [0.15, 0.2) is 0 Å². The van der Waals surface area contributed by atoms with Gasteiger partial charge in [0, 0.05) is 12.6 Å². The lowest BCUT2D eigenvalue weighted by Gasteiger charge is -2.17. The molecule has 2 heteroatoms. The zero-order valence-corrected chi connectivity index (χ0v) is 12.0. The third kappa shape index (κ3) is 2.62. The Balaban J connectivity index is 1.70. The van der Waals surface area contributed by atoms with Crippen LogP contribution >= 0.6 is 0 Å². The quantitative estimate of drug-likeness (QED) is 0.857. The van der Waals surface area contributed by atoms with Gasteiger partial charge in [0.05, 0.1) is 12.1 Å². The molecule has 2 nitrogen and oxygen atoms in total. The van der Waals surface area contributed by atoms with Crippen LogP contribution in [0, 0.1) is 6.92 Å². The Hall–Kier alpha value is -1.64. The molecular weight excluding hydrogens is 246 g/mol. The molecule has 20 heavy (non-hydrogen) atoms. The molecule has 0 radical (unpaired) electrons. The van der Waals surface area contributed by atoms with E-state index in [4.69, 9.17) is 0 Å². The van der Waals surface area contributed by atoms with Crippen molar-refractivity contribution >= 4 is 0 Å². The molecule has 2 aromatic carbocycles. The third-order valence-electron chi connectivity index (χ3n) is 4.22. The average Bonchev–Trinajstić information content (AvgIpc) is 3.27. The van der Waals surface area contributed by atoms with Crippen molar-refractivity contribution in [3.8, 4) is 0 Å². The third-order valence-corrected chi connectivity index (χ3v) is 4.22. The molecule has 0 bridgehead atoms. The van der Waals surface area contributed by atoms with Crippen molar-refractivity contribution in [3.63, 3.8) is 0 Å². The highest BCUT2D eigenvalue weighted by Crippen LogP contribution is 2.38. The Labute approximate surface area is 120 Å². The molecule has 0 saturated carbocycles. The van der Waals surface area contributed by atoms with E-state index in [1.165, 1.54) is 11.1 Å². The van der Waals surface area contributed by atoms with Crippen molar-refractivity contribution in [2.24, 2.45) is 0 Å². The van der Waals surface area contributed by atoms with Gasteiger partial charge in [-0.25, -0.2) is 0 Å². The second-order valence-electron chi connectivity index (χ2n) is 5.71. The summed E-state index contributed by atoms with van der Waals surface area (Å²) in [5.74, 6) is 0. The Morgan fingerprint density at radius 2 is 1.75 bits per heavy atom. The van der Waals surface area contributed by atoms with Crippen LogP contribution in [0.1, 0.15) is 35.8 Å². The minimum atomic E-state index is -0.388. The van der Waals surface area contributed by atoms with Crippen molar-refractivity contribution < 1.29 is 5.11 Å². The summed E-state index contributed by atoms with van der Waals surface area (Å²) in [6.45, 7) is 5.23. The molecule has 1 N–H and O–H groups in total. The van der Waals surface area contributed by atoms with Gasteiger partial charge >= 0.3 is 0 Å². The summed E-state index contributed by atoms with van der Waals surface area (Å²) in [7, 11) is 0. The predicted molar refractivity (Wildman–Crippen MR) is 81.5 cm³/mol. The fourth-order valence-electron chi connectivity index (χ4n) is 2.89. The molecule has 3 rings (SSSR count). The van der Waals surface area contributed by atoms with Crippen LogP contribution in [0.15, 0.2) is 54.6 Å². The van der Waals surface area contributed by atoms with Crippen LogP contribution in [0.5, 0.6) is 0 Å². The van der Waals surface area contributed by atoms with Crippen molar-refractivity contribution in [3.05, 3.63) is 71.3 Å². The van der Waals surface area contributed by atoms with E-state index >= 15 is 0 Å². The summed E-state index contributed by atoms with van der Waals surface area (Å²) < 4.78 is 0. The van der Waals surface area contributed by atoms with Crippen molar-refractivity contribution in [1.29, 1.82) is 0 Å². The number of aryl methyl sites for hydroxylation is 1. The lowest BCUT2D eigenvalue weighted by Crippen LogP contribution is -2.14. The minimum Gasteiger partial charge on any atom is -0.387 e. The first-order valence-corrected chi connectivity index (χ1v) is 7.22. The molecule has 0 aliphatic carbocycles. The van der Waals surface area contributed by atoms with Crippen LogP contribution < -0.4 is 0 Å². The number of hydrogen-bond acceptors (Lipinski definition) is 2. The summed E-state index contributed by atoms with van der Waals surface area (Å²) in [5, 5.41) is 10.5. The normalized spacial score (nSPS) is 24.1. The van der Waals surface area contributed by atoms with Gasteiger partial charge in [0.25, 0.3) is 0 Å². The van der Waals surface area contributed by atoms with Crippen molar-refractivity contribution in [1.82, 2.24) is 4.90 Å². The minimum absolute atomic E-state index is 0.243.